The average molecular weight is 335 g/mol. The van der Waals surface area contributed by atoms with Crippen molar-refractivity contribution in [2.75, 3.05) is 18.9 Å². The summed E-state index contributed by atoms with van der Waals surface area (Å²) in [5.74, 6) is 0. The molecule has 0 saturated carbocycles. The largest absolute Gasteiger partial charge is 0.416 e. The standard InChI is InChI=1S/C13H16F3N3O4/c1-7-4-5-9(19(22)23)8(2)11(7)17-12(21)18(3)6-10(20)13(14,15)16/h4-5,10,20H,6H2,1-3H3,(H,17,21). The zero-order valence-electron chi connectivity index (χ0n) is 12.6. The fraction of sp³-hybridized carbons (Fsp3) is 0.462. The SMILES string of the molecule is Cc1ccc([N+](=O)[O-])c(C)c1NC(=O)N(C)CC(O)C(F)(F)F. The van der Waals surface area contributed by atoms with E-state index in [1.807, 2.05) is 0 Å². The lowest BCUT2D eigenvalue weighted by molar-refractivity contribution is -0.385. The van der Waals surface area contributed by atoms with E-state index >= 15 is 0 Å². The number of nitro groups is 1. The van der Waals surface area contributed by atoms with Crippen LogP contribution in [0, 0.1) is 24.0 Å². The van der Waals surface area contributed by atoms with Gasteiger partial charge in [-0.15, -0.1) is 0 Å². The summed E-state index contributed by atoms with van der Waals surface area (Å²) in [7, 11) is 1.08. The summed E-state index contributed by atoms with van der Waals surface area (Å²) in [6.07, 6.45) is -7.52. The number of halogens is 3. The average Bonchev–Trinajstić information content (AvgIpc) is 2.41. The molecular weight excluding hydrogens is 319 g/mol. The number of carbonyl (C=O) groups excluding carboxylic acids is 1. The second-order valence-electron chi connectivity index (χ2n) is 5.03. The van der Waals surface area contributed by atoms with E-state index in [0.29, 0.717) is 10.5 Å². The molecule has 10 heteroatoms. The number of nitrogens with zero attached hydrogens (tertiary/aromatic N) is 2. The van der Waals surface area contributed by atoms with E-state index in [1.165, 1.54) is 19.1 Å². The van der Waals surface area contributed by atoms with Crippen LogP contribution in [0.2, 0.25) is 0 Å². The van der Waals surface area contributed by atoms with Crippen LogP contribution in [0.5, 0.6) is 0 Å². The summed E-state index contributed by atoms with van der Waals surface area (Å²) in [6, 6.07) is 1.78. The van der Waals surface area contributed by atoms with Crippen LogP contribution in [0.25, 0.3) is 0 Å². The fourth-order valence-electron chi connectivity index (χ4n) is 1.87. The Kier molecular flexibility index (Phi) is 5.54. The van der Waals surface area contributed by atoms with Crippen molar-refractivity contribution in [1.29, 1.82) is 0 Å². The smallest absolute Gasteiger partial charge is 0.382 e. The van der Waals surface area contributed by atoms with Gasteiger partial charge in [0, 0.05) is 13.1 Å². The third-order valence-corrected chi connectivity index (χ3v) is 3.24. The van der Waals surface area contributed by atoms with Gasteiger partial charge in [0.2, 0.25) is 0 Å². The van der Waals surface area contributed by atoms with Gasteiger partial charge < -0.3 is 15.3 Å². The molecule has 1 aromatic rings. The van der Waals surface area contributed by atoms with Crippen molar-refractivity contribution in [3.05, 3.63) is 33.4 Å². The quantitative estimate of drug-likeness (QED) is 0.653. The van der Waals surface area contributed by atoms with Crippen molar-refractivity contribution < 1.29 is 28.0 Å². The Morgan fingerprint density at radius 3 is 2.48 bits per heavy atom. The molecule has 2 amide bonds. The molecule has 0 radical (unpaired) electrons. The van der Waals surface area contributed by atoms with Crippen LogP contribution in [0.4, 0.5) is 29.3 Å². The minimum Gasteiger partial charge on any atom is -0.382 e. The molecule has 1 atom stereocenters. The highest BCUT2D eigenvalue weighted by molar-refractivity contribution is 5.91. The number of likely N-dealkylation sites (N-methyl/N-ethyl adjacent to an activating group) is 1. The number of hydrogen-bond acceptors (Lipinski definition) is 4. The molecule has 7 nitrogen and oxygen atoms in total. The summed E-state index contributed by atoms with van der Waals surface area (Å²) in [4.78, 5) is 22.8. The van der Waals surface area contributed by atoms with Gasteiger partial charge in [-0.25, -0.2) is 4.79 Å². The monoisotopic (exact) mass is 335 g/mol. The number of rotatable bonds is 4. The van der Waals surface area contributed by atoms with Crippen LogP contribution in [0.15, 0.2) is 12.1 Å². The molecule has 0 aromatic heterocycles. The van der Waals surface area contributed by atoms with Crippen LogP contribution in [-0.4, -0.2) is 46.8 Å². The third-order valence-electron chi connectivity index (χ3n) is 3.24. The van der Waals surface area contributed by atoms with E-state index in [9.17, 15) is 28.1 Å². The Bertz CT molecular complexity index is 619. The molecule has 0 aliphatic heterocycles. The molecule has 0 heterocycles. The van der Waals surface area contributed by atoms with Gasteiger partial charge in [-0.3, -0.25) is 10.1 Å². The lowest BCUT2D eigenvalue weighted by atomic mass is 10.1. The predicted octanol–water partition coefficient (Wildman–Crippen LogP) is 2.60. The van der Waals surface area contributed by atoms with Gasteiger partial charge in [0.15, 0.2) is 6.10 Å². The van der Waals surface area contributed by atoms with E-state index in [1.54, 1.807) is 6.92 Å². The van der Waals surface area contributed by atoms with Crippen LogP contribution < -0.4 is 5.32 Å². The molecular formula is C13H16F3N3O4. The van der Waals surface area contributed by atoms with Gasteiger partial charge >= 0.3 is 12.2 Å². The Labute approximate surface area is 129 Å². The first kappa shape index (κ1) is 18.7. The van der Waals surface area contributed by atoms with Crippen molar-refractivity contribution in [1.82, 2.24) is 4.90 Å². The summed E-state index contributed by atoms with van der Waals surface area (Å²) >= 11 is 0. The van der Waals surface area contributed by atoms with Crippen LogP contribution >= 0.6 is 0 Å². The highest BCUT2D eigenvalue weighted by Crippen LogP contribution is 2.29. The van der Waals surface area contributed by atoms with Crippen LogP contribution in [-0.2, 0) is 0 Å². The number of nitro benzene ring substituents is 1. The molecule has 1 unspecified atom stereocenters. The zero-order valence-corrected chi connectivity index (χ0v) is 12.6. The number of alkyl halides is 3. The minimum absolute atomic E-state index is 0.151. The number of aliphatic hydroxyl groups excluding tert-OH is 1. The van der Waals surface area contributed by atoms with Crippen LogP contribution in [0.1, 0.15) is 11.1 Å². The number of benzene rings is 1. The van der Waals surface area contributed by atoms with Crippen molar-refractivity contribution in [3.8, 4) is 0 Å². The maximum absolute atomic E-state index is 12.3. The molecule has 128 valence electrons. The van der Waals surface area contributed by atoms with Crippen molar-refractivity contribution in [2.24, 2.45) is 0 Å². The Hall–Kier alpha value is -2.36. The Balaban J connectivity index is 2.93. The number of amides is 2. The first-order valence-electron chi connectivity index (χ1n) is 6.46. The topological polar surface area (TPSA) is 95.7 Å². The predicted molar refractivity (Wildman–Crippen MR) is 76.3 cm³/mol. The lowest BCUT2D eigenvalue weighted by Crippen LogP contribution is -2.43. The number of hydrogen-bond donors (Lipinski definition) is 2. The zero-order chi connectivity index (χ0) is 17.9. The number of aliphatic hydroxyl groups is 1. The van der Waals surface area contributed by atoms with E-state index in [-0.39, 0.29) is 16.9 Å². The number of carbonyl (C=O) groups is 1. The molecule has 0 saturated heterocycles. The highest BCUT2D eigenvalue weighted by atomic mass is 19.4. The first-order valence-corrected chi connectivity index (χ1v) is 6.46. The van der Waals surface area contributed by atoms with Crippen LogP contribution in [0.3, 0.4) is 0 Å². The number of anilines is 1. The molecule has 2 N–H and O–H groups in total. The van der Waals surface area contributed by atoms with E-state index < -0.39 is 29.8 Å². The molecule has 0 aliphatic rings. The van der Waals surface area contributed by atoms with Gasteiger partial charge in [-0.1, -0.05) is 6.07 Å². The molecule has 1 aromatic carbocycles. The van der Waals surface area contributed by atoms with Crippen molar-refractivity contribution >= 4 is 17.4 Å². The molecule has 0 aliphatic carbocycles. The normalized spacial score (nSPS) is 12.7. The third kappa shape index (κ3) is 4.55. The Morgan fingerprint density at radius 2 is 2.00 bits per heavy atom. The van der Waals surface area contributed by atoms with Gasteiger partial charge in [0.25, 0.3) is 5.69 Å². The summed E-state index contributed by atoms with van der Waals surface area (Å²) in [5, 5.41) is 22.2. The Morgan fingerprint density at radius 1 is 1.43 bits per heavy atom. The molecule has 23 heavy (non-hydrogen) atoms. The fourth-order valence-corrected chi connectivity index (χ4v) is 1.87. The molecule has 0 fully saturated rings. The van der Waals surface area contributed by atoms with E-state index in [0.717, 1.165) is 7.05 Å². The van der Waals surface area contributed by atoms with E-state index in [4.69, 9.17) is 5.11 Å². The number of nitrogens with one attached hydrogen (secondary N) is 1. The summed E-state index contributed by atoms with van der Waals surface area (Å²) in [6.45, 7) is 2.06. The van der Waals surface area contributed by atoms with Crippen molar-refractivity contribution in [2.45, 2.75) is 26.1 Å². The lowest BCUT2D eigenvalue weighted by Gasteiger charge is -2.23. The maximum Gasteiger partial charge on any atom is 0.416 e. The number of aryl methyl sites for hydroxylation is 1. The van der Waals surface area contributed by atoms with Gasteiger partial charge in [0.1, 0.15) is 0 Å². The highest BCUT2D eigenvalue weighted by Gasteiger charge is 2.39. The summed E-state index contributed by atoms with van der Waals surface area (Å²) < 4.78 is 36.9. The minimum atomic E-state index is -4.84. The van der Waals surface area contributed by atoms with Gasteiger partial charge in [-0.2, -0.15) is 13.2 Å². The summed E-state index contributed by atoms with van der Waals surface area (Å²) in [5.41, 5.74) is 0.640. The van der Waals surface area contributed by atoms with E-state index in [2.05, 4.69) is 5.32 Å². The molecule has 0 bridgehead atoms. The molecule has 0 spiro atoms. The second-order valence-corrected chi connectivity index (χ2v) is 5.03. The first-order chi connectivity index (χ1) is 10.4. The second kappa shape index (κ2) is 6.82. The van der Waals surface area contributed by atoms with Gasteiger partial charge in [-0.05, 0) is 19.4 Å². The van der Waals surface area contributed by atoms with Crippen molar-refractivity contribution in [3.63, 3.8) is 0 Å². The maximum atomic E-state index is 12.3. The molecule has 1 rings (SSSR count). The number of urea groups is 1. The van der Waals surface area contributed by atoms with Gasteiger partial charge in [0.05, 0.1) is 22.7 Å².